The number of hydrogen-bond acceptors (Lipinski definition) is 6. The number of methoxy groups -OCH3 is 4. The highest BCUT2D eigenvalue weighted by molar-refractivity contribution is 5.93. The number of hydrogen-bond donors (Lipinski definition) is 2. The van der Waals surface area contributed by atoms with Crippen molar-refractivity contribution in [3.63, 3.8) is 0 Å². The van der Waals surface area contributed by atoms with Crippen LogP contribution in [0.4, 0.5) is 5.69 Å². The van der Waals surface area contributed by atoms with E-state index in [0.717, 1.165) is 30.0 Å². The number of nitrogens with one attached hydrogen (secondary N) is 2. The van der Waals surface area contributed by atoms with Crippen LogP contribution in [0.1, 0.15) is 18.9 Å². The van der Waals surface area contributed by atoms with Crippen LogP contribution in [-0.2, 0) is 11.2 Å². The summed E-state index contributed by atoms with van der Waals surface area (Å²) in [6.45, 7) is 4.63. The first kappa shape index (κ1) is 25.1. The molecule has 0 atom stereocenters. The zero-order valence-corrected chi connectivity index (χ0v) is 19.7. The van der Waals surface area contributed by atoms with Crippen LogP contribution in [0.3, 0.4) is 0 Å². The van der Waals surface area contributed by atoms with Gasteiger partial charge in [0.15, 0.2) is 17.5 Å². The molecule has 2 aromatic rings. The summed E-state index contributed by atoms with van der Waals surface area (Å²) in [7, 11) is 6.52. The highest BCUT2D eigenvalue weighted by Crippen LogP contribution is 2.39. The summed E-state index contributed by atoms with van der Waals surface area (Å²) in [6, 6.07) is 11.7. The van der Waals surface area contributed by atoms with Crippen LogP contribution < -0.4 is 29.6 Å². The summed E-state index contributed by atoms with van der Waals surface area (Å²) in [5.74, 6) is 3.39. The smallest absolute Gasteiger partial charge is 0.203 e. The topological polar surface area (TPSA) is 82.6 Å². The third-order valence-electron chi connectivity index (χ3n) is 4.64. The Labute approximate surface area is 190 Å². The first-order chi connectivity index (χ1) is 15.7. The summed E-state index contributed by atoms with van der Waals surface area (Å²) in [6.07, 6.45) is 1.53. The van der Waals surface area contributed by atoms with Gasteiger partial charge in [-0.25, -0.2) is 0 Å². The standard InChI is InChI=1S/C24H35N3O5/c1-6-25-24(27-19-9-7-10-20(17-19)32-16-8-15-28-2)26-14-13-18-11-12-21(29-3)23(31-5)22(18)30-4/h7,9-12,17H,6,8,13-16H2,1-5H3,(H2,25,26,27). The molecular weight excluding hydrogens is 410 g/mol. The molecule has 0 radical (unpaired) electrons. The molecular formula is C24H35N3O5. The Morgan fingerprint density at radius 2 is 1.75 bits per heavy atom. The number of anilines is 1. The minimum absolute atomic E-state index is 0.564. The Morgan fingerprint density at radius 1 is 0.938 bits per heavy atom. The van der Waals surface area contributed by atoms with E-state index in [9.17, 15) is 0 Å². The third kappa shape index (κ3) is 7.53. The van der Waals surface area contributed by atoms with Gasteiger partial charge in [0, 0.05) is 50.5 Å². The number of nitrogens with zero attached hydrogens (tertiary/aromatic N) is 1. The lowest BCUT2D eigenvalue weighted by atomic mass is 10.1. The predicted octanol–water partition coefficient (Wildman–Crippen LogP) is 3.75. The third-order valence-corrected chi connectivity index (χ3v) is 4.64. The molecule has 176 valence electrons. The highest BCUT2D eigenvalue weighted by Gasteiger charge is 2.15. The van der Waals surface area contributed by atoms with Gasteiger partial charge >= 0.3 is 0 Å². The zero-order chi connectivity index (χ0) is 23.2. The lowest BCUT2D eigenvalue weighted by Gasteiger charge is -2.16. The Hall–Kier alpha value is -3.13. The van der Waals surface area contributed by atoms with Gasteiger partial charge in [-0.05, 0) is 31.5 Å². The minimum atomic E-state index is 0.564. The van der Waals surface area contributed by atoms with Gasteiger partial charge in [-0.15, -0.1) is 0 Å². The molecule has 8 heteroatoms. The van der Waals surface area contributed by atoms with Crippen molar-refractivity contribution in [3.8, 4) is 23.0 Å². The van der Waals surface area contributed by atoms with Crippen molar-refractivity contribution in [3.05, 3.63) is 42.0 Å². The van der Waals surface area contributed by atoms with E-state index in [2.05, 4.69) is 10.6 Å². The molecule has 0 aliphatic carbocycles. The van der Waals surface area contributed by atoms with Crippen molar-refractivity contribution in [2.75, 3.05) is 60.1 Å². The van der Waals surface area contributed by atoms with Gasteiger partial charge in [0.05, 0.1) is 27.9 Å². The molecule has 0 aromatic heterocycles. The molecule has 0 heterocycles. The fourth-order valence-electron chi connectivity index (χ4n) is 3.15. The molecule has 0 unspecified atom stereocenters. The molecule has 0 saturated carbocycles. The molecule has 32 heavy (non-hydrogen) atoms. The summed E-state index contributed by atoms with van der Waals surface area (Å²) in [5, 5.41) is 6.61. The molecule has 0 saturated heterocycles. The van der Waals surface area contributed by atoms with E-state index in [0.29, 0.717) is 49.4 Å². The Morgan fingerprint density at radius 3 is 2.44 bits per heavy atom. The van der Waals surface area contributed by atoms with Crippen molar-refractivity contribution in [2.24, 2.45) is 4.99 Å². The number of aliphatic imine (C=N–C) groups is 1. The van der Waals surface area contributed by atoms with Crippen LogP contribution in [-0.4, -0.2) is 60.7 Å². The second kappa shape index (κ2) is 14.0. The number of rotatable bonds is 13. The lowest BCUT2D eigenvalue weighted by Crippen LogP contribution is -2.30. The van der Waals surface area contributed by atoms with E-state index in [-0.39, 0.29) is 0 Å². The van der Waals surface area contributed by atoms with E-state index in [4.69, 9.17) is 28.7 Å². The van der Waals surface area contributed by atoms with Gasteiger partial charge in [0.2, 0.25) is 5.75 Å². The fourth-order valence-corrected chi connectivity index (χ4v) is 3.15. The molecule has 8 nitrogen and oxygen atoms in total. The molecule has 0 aliphatic heterocycles. The van der Waals surface area contributed by atoms with Crippen LogP contribution in [0, 0.1) is 0 Å². The van der Waals surface area contributed by atoms with Gasteiger partial charge < -0.3 is 34.3 Å². The van der Waals surface area contributed by atoms with Crippen LogP contribution in [0.15, 0.2) is 41.4 Å². The van der Waals surface area contributed by atoms with E-state index >= 15 is 0 Å². The maximum atomic E-state index is 5.78. The normalized spacial score (nSPS) is 11.1. The molecule has 2 N–H and O–H groups in total. The Balaban J connectivity index is 2.05. The molecule has 0 spiro atoms. The second-order valence-corrected chi connectivity index (χ2v) is 6.85. The summed E-state index contributed by atoms with van der Waals surface area (Å²) >= 11 is 0. The molecule has 0 amide bonds. The predicted molar refractivity (Wildman–Crippen MR) is 128 cm³/mol. The second-order valence-electron chi connectivity index (χ2n) is 6.85. The van der Waals surface area contributed by atoms with Crippen molar-refractivity contribution in [2.45, 2.75) is 19.8 Å². The number of guanidine groups is 1. The van der Waals surface area contributed by atoms with Crippen molar-refractivity contribution in [1.29, 1.82) is 0 Å². The van der Waals surface area contributed by atoms with E-state index < -0.39 is 0 Å². The number of ether oxygens (including phenoxy) is 5. The molecule has 0 fully saturated rings. The van der Waals surface area contributed by atoms with Gasteiger partial charge in [0.1, 0.15) is 5.75 Å². The fraction of sp³-hybridized carbons (Fsp3) is 0.458. The van der Waals surface area contributed by atoms with Gasteiger partial charge in [-0.3, -0.25) is 4.99 Å². The quantitative estimate of drug-likeness (QED) is 0.276. The summed E-state index contributed by atoms with van der Waals surface area (Å²) < 4.78 is 27.2. The first-order valence-electron chi connectivity index (χ1n) is 10.7. The van der Waals surface area contributed by atoms with E-state index in [1.807, 2.05) is 43.3 Å². The van der Waals surface area contributed by atoms with Crippen LogP contribution in [0.25, 0.3) is 0 Å². The largest absolute Gasteiger partial charge is 0.493 e. The van der Waals surface area contributed by atoms with Crippen LogP contribution in [0.5, 0.6) is 23.0 Å². The number of benzene rings is 2. The van der Waals surface area contributed by atoms with Gasteiger partial charge in [-0.2, -0.15) is 0 Å². The van der Waals surface area contributed by atoms with Crippen LogP contribution >= 0.6 is 0 Å². The van der Waals surface area contributed by atoms with Crippen LogP contribution in [0.2, 0.25) is 0 Å². The maximum Gasteiger partial charge on any atom is 0.203 e. The maximum absolute atomic E-state index is 5.78. The first-order valence-corrected chi connectivity index (χ1v) is 10.7. The Kier molecular flexibility index (Phi) is 11.0. The van der Waals surface area contributed by atoms with Crippen molar-refractivity contribution < 1.29 is 23.7 Å². The van der Waals surface area contributed by atoms with E-state index in [1.54, 1.807) is 28.4 Å². The molecule has 0 bridgehead atoms. The van der Waals surface area contributed by atoms with Crippen molar-refractivity contribution in [1.82, 2.24) is 5.32 Å². The lowest BCUT2D eigenvalue weighted by molar-refractivity contribution is 0.172. The van der Waals surface area contributed by atoms with Gasteiger partial charge in [-0.1, -0.05) is 12.1 Å². The highest BCUT2D eigenvalue weighted by atomic mass is 16.5. The molecule has 2 aromatic carbocycles. The SMILES string of the molecule is CCNC(=NCCc1ccc(OC)c(OC)c1OC)Nc1cccc(OCCCOC)c1. The summed E-state index contributed by atoms with van der Waals surface area (Å²) in [5.41, 5.74) is 1.90. The molecule has 2 rings (SSSR count). The average Bonchev–Trinajstić information content (AvgIpc) is 2.81. The minimum Gasteiger partial charge on any atom is -0.493 e. The molecule has 0 aliphatic rings. The summed E-state index contributed by atoms with van der Waals surface area (Å²) in [4.78, 5) is 4.70. The van der Waals surface area contributed by atoms with E-state index in [1.165, 1.54) is 0 Å². The zero-order valence-electron chi connectivity index (χ0n) is 19.7. The average molecular weight is 446 g/mol. The van der Waals surface area contributed by atoms with Crippen molar-refractivity contribution >= 4 is 11.6 Å². The Bertz CT molecular complexity index is 858. The van der Waals surface area contributed by atoms with Gasteiger partial charge in [0.25, 0.3) is 0 Å². The monoisotopic (exact) mass is 445 g/mol.